The van der Waals surface area contributed by atoms with Gasteiger partial charge in [-0.25, -0.2) is 9.97 Å². The maximum Gasteiger partial charge on any atom is 0.227 e. The Morgan fingerprint density at radius 1 is 1.15 bits per heavy atom. The topological polar surface area (TPSA) is 102 Å². The molecular formula is C30H37N7O2. The quantitative estimate of drug-likeness (QED) is 0.289. The van der Waals surface area contributed by atoms with Crippen LogP contribution in [0.5, 0.6) is 0 Å². The van der Waals surface area contributed by atoms with Crippen molar-refractivity contribution in [2.45, 2.75) is 64.8 Å². The normalized spacial score (nSPS) is 15.0. The summed E-state index contributed by atoms with van der Waals surface area (Å²) in [6, 6.07) is 10.3. The fourth-order valence-corrected chi connectivity index (χ4v) is 4.84. The SMILES string of the molecule is Cc1cc(-c2ccnc(Nc3cnn(C4CCN(C)CC4)c3)n2)ccc1CCC(=O)c1cc(C(C)(C)C)on1. The molecule has 0 radical (unpaired) electrons. The Morgan fingerprint density at radius 3 is 2.67 bits per heavy atom. The number of piperidine rings is 1. The molecule has 1 aromatic carbocycles. The molecule has 0 saturated carbocycles. The van der Waals surface area contributed by atoms with Crippen LogP contribution in [0, 0.1) is 6.92 Å². The lowest BCUT2D eigenvalue weighted by Gasteiger charge is -2.28. The molecule has 1 aliphatic rings. The number of carbonyl (C=O) groups excluding carboxylic acids is 1. The van der Waals surface area contributed by atoms with E-state index in [1.807, 2.05) is 45.3 Å². The predicted molar refractivity (Wildman–Crippen MR) is 151 cm³/mol. The van der Waals surface area contributed by atoms with Gasteiger partial charge in [0.05, 0.1) is 23.6 Å². The highest BCUT2D eigenvalue weighted by atomic mass is 16.5. The van der Waals surface area contributed by atoms with Gasteiger partial charge >= 0.3 is 0 Å². The zero-order valence-electron chi connectivity index (χ0n) is 23.4. The first-order valence-electron chi connectivity index (χ1n) is 13.6. The second kappa shape index (κ2) is 11.1. The zero-order valence-corrected chi connectivity index (χ0v) is 23.4. The van der Waals surface area contributed by atoms with Crippen LogP contribution < -0.4 is 5.32 Å². The van der Waals surface area contributed by atoms with E-state index in [1.165, 1.54) is 0 Å². The standard InChI is InChI=1S/C30H37N7O2/c1-20-16-22(7-6-21(20)8-9-27(38)26-17-28(39-35-26)30(2,3)4)25-10-13-31-29(34-25)33-23-18-32-37(19-23)24-11-14-36(5)15-12-24/h6-7,10,13,16-19,24H,8-9,11-12,14-15H2,1-5H3,(H,31,33,34). The molecule has 4 heterocycles. The van der Waals surface area contributed by atoms with Gasteiger partial charge in [0.15, 0.2) is 5.78 Å². The Hall–Kier alpha value is -3.85. The maximum absolute atomic E-state index is 12.7. The van der Waals surface area contributed by atoms with E-state index in [2.05, 4.69) is 56.2 Å². The van der Waals surface area contributed by atoms with Crippen LogP contribution in [-0.2, 0) is 11.8 Å². The molecule has 9 heteroatoms. The van der Waals surface area contributed by atoms with E-state index in [0.29, 0.717) is 30.5 Å². The number of Topliss-reactive ketones (excluding diaryl/α,β-unsaturated/α-hetero) is 1. The Morgan fingerprint density at radius 2 is 1.95 bits per heavy atom. The molecule has 39 heavy (non-hydrogen) atoms. The molecule has 0 spiro atoms. The number of aromatic nitrogens is 5. The van der Waals surface area contributed by atoms with E-state index in [1.54, 1.807) is 12.3 Å². The van der Waals surface area contributed by atoms with Gasteiger partial charge in [0.2, 0.25) is 5.95 Å². The number of hydrogen-bond donors (Lipinski definition) is 1. The van der Waals surface area contributed by atoms with Crippen molar-refractivity contribution in [1.82, 2.24) is 29.8 Å². The van der Waals surface area contributed by atoms with Crippen molar-refractivity contribution in [3.05, 3.63) is 71.5 Å². The van der Waals surface area contributed by atoms with E-state index in [9.17, 15) is 4.79 Å². The van der Waals surface area contributed by atoms with Crippen molar-refractivity contribution in [2.24, 2.45) is 0 Å². The summed E-state index contributed by atoms with van der Waals surface area (Å²) in [7, 11) is 2.16. The number of likely N-dealkylation sites (tertiary alicyclic amines) is 1. The molecular weight excluding hydrogens is 490 g/mol. The summed E-state index contributed by atoms with van der Waals surface area (Å²) in [5.41, 5.74) is 5.17. The van der Waals surface area contributed by atoms with Gasteiger partial charge in [-0.15, -0.1) is 0 Å². The number of rotatable bonds is 8. The molecule has 1 fully saturated rings. The minimum absolute atomic E-state index is 0.0108. The van der Waals surface area contributed by atoms with Gasteiger partial charge in [-0.3, -0.25) is 9.48 Å². The zero-order chi connectivity index (χ0) is 27.6. The molecule has 1 aliphatic heterocycles. The third-order valence-electron chi connectivity index (χ3n) is 7.37. The lowest BCUT2D eigenvalue weighted by atomic mass is 9.92. The van der Waals surface area contributed by atoms with Gasteiger partial charge in [0.1, 0.15) is 11.5 Å². The van der Waals surface area contributed by atoms with E-state index < -0.39 is 0 Å². The number of anilines is 2. The third-order valence-corrected chi connectivity index (χ3v) is 7.37. The second-order valence-corrected chi connectivity index (χ2v) is 11.5. The van der Waals surface area contributed by atoms with Crippen LogP contribution in [0.25, 0.3) is 11.3 Å². The summed E-state index contributed by atoms with van der Waals surface area (Å²) in [6.07, 6.45) is 8.85. The molecule has 0 aliphatic carbocycles. The lowest BCUT2D eigenvalue weighted by molar-refractivity contribution is 0.0973. The highest BCUT2D eigenvalue weighted by Crippen LogP contribution is 2.26. The third kappa shape index (κ3) is 6.42. The summed E-state index contributed by atoms with van der Waals surface area (Å²) < 4.78 is 7.43. The van der Waals surface area contributed by atoms with E-state index >= 15 is 0 Å². The Balaban J connectivity index is 1.22. The first kappa shape index (κ1) is 26.7. The fourth-order valence-electron chi connectivity index (χ4n) is 4.84. The molecule has 1 N–H and O–H groups in total. The maximum atomic E-state index is 12.7. The number of hydrogen-bond acceptors (Lipinski definition) is 8. The summed E-state index contributed by atoms with van der Waals surface area (Å²) >= 11 is 0. The van der Waals surface area contributed by atoms with Crippen molar-refractivity contribution in [3.8, 4) is 11.3 Å². The number of nitrogens with one attached hydrogen (secondary N) is 1. The molecule has 9 nitrogen and oxygen atoms in total. The van der Waals surface area contributed by atoms with Crippen LogP contribution in [0.15, 0.2) is 53.4 Å². The van der Waals surface area contributed by atoms with Crippen LogP contribution in [0.3, 0.4) is 0 Å². The summed E-state index contributed by atoms with van der Waals surface area (Å²) in [6.45, 7) is 10.4. The van der Waals surface area contributed by atoms with Crippen molar-refractivity contribution in [1.29, 1.82) is 0 Å². The average Bonchev–Trinajstić information content (AvgIpc) is 3.59. The van der Waals surface area contributed by atoms with Crippen LogP contribution in [0.1, 0.15) is 73.5 Å². The van der Waals surface area contributed by atoms with Crippen molar-refractivity contribution in [2.75, 3.05) is 25.5 Å². The minimum Gasteiger partial charge on any atom is -0.360 e. The van der Waals surface area contributed by atoms with Gasteiger partial charge < -0.3 is 14.7 Å². The first-order valence-corrected chi connectivity index (χ1v) is 13.6. The molecule has 0 amide bonds. The second-order valence-electron chi connectivity index (χ2n) is 11.5. The predicted octanol–water partition coefficient (Wildman–Crippen LogP) is 5.76. The fraction of sp³-hybridized carbons (Fsp3) is 0.433. The average molecular weight is 528 g/mol. The van der Waals surface area contributed by atoms with Crippen LogP contribution in [-0.4, -0.2) is 55.7 Å². The van der Waals surface area contributed by atoms with Crippen LogP contribution in [0.4, 0.5) is 11.6 Å². The van der Waals surface area contributed by atoms with Gasteiger partial charge in [-0.1, -0.05) is 38.1 Å². The Labute approximate surface area is 229 Å². The largest absolute Gasteiger partial charge is 0.360 e. The van der Waals surface area contributed by atoms with E-state index in [4.69, 9.17) is 9.51 Å². The highest BCUT2D eigenvalue weighted by Gasteiger charge is 2.22. The first-order chi connectivity index (χ1) is 18.7. The van der Waals surface area contributed by atoms with Gasteiger partial charge in [-0.05, 0) is 69.6 Å². The van der Waals surface area contributed by atoms with Gasteiger partial charge in [0, 0.05) is 35.9 Å². The van der Waals surface area contributed by atoms with Gasteiger partial charge in [-0.2, -0.15) is 5.10 Å². The van der Waals surface area contributed by atoms with E-state index in [-0.39, 0.29) is 11.2 Å². The molecule has 3 aromatic heterocycles. The number of ketones is 1. The smallest absolute Gasteiger partial charge is 0.227 e. The number of aryl methyl sites for hydroxylation is 2. The Bertz CT molecular complexity index is 1440. The summed E-state index contributed by atoms with van der Waals surface area (Å²) in [5, 5.41) is 11.9. The number of carbonyl (C=O) groups is 1. The monoisotopic (exact) mass is 527 g/mol. The number of benzene rings is 1. The molecule has 4 aromatic rings. The van der Waals surface area contributed by atoms with Crippen LogP contribution >= 0.6 is 0 Å². The van der Waals surface area contributed by atoms with Crippen molar-refractivity contribution in [3.63, 3.8) is 0 Å². The molecule has 1 saturated heterocycles. The minimum atomic E-state index is -0.178. The lowest BCUT2D eigenvalue weighted by Crippen LogP contribution is -2.31. The van der Waals surface area contributed by atoms with Gasteiger partial charge in [0.25, 0.3) is 0 Å². The van der Waals surface area contributed by atoms with E-state index in [0.717, 1.165) is 59.8 Å². The summed E-state index contributed by atoms with van der Waals surface area (Å²) in [5.74, 6) is 1.24. The van der Waals surface area contributed by atoms with Crippen molar-refractivity contribution < 1.29 is 9.32 Å². The van der Waals surface area contributed by atoms with Crippen LogP contribution in [0.2, 0.25) is 0 Å². The Kier molecular flexibility index (Phi) is 7.61. The summed E-state index contributed by atoms with van der Waals surface area (Å²) in [4.78, 5) is 24.2. The molecule has 204 valence electrons. The van der Waals surface area contributed by atoms with Crippen molar-refractivity contribution >= 4 is 17.4 Å². The molecule has 0 atom stereocenters. The number of nitrogens with zero attached hydrogens (tertiary/aromatic N) is 6. The molecule has 0 bridgehead atoms. The highest BCUT2D eigenvalue weighted by molar-refractivity contribution is 5.94. The molecule has 0 unspecified atom stereocenters. The molecule has 5 rings (SSSR count).